The van der Waals surface area contributed by atoms with Crippen molar-refractivity contribution >= 4 is 15.7 Å². The highest BCUT2D eigenvalue weighted by atomic mass is 32.2. The second-order valence-corrected chi connectivity index (χ2v) is 6.69. The molecule has 1 aromatic rings. The lowest BCUT2D eigenvalue weighted by molar-refractivity contribution is -0.120. The molecule has 0 saturated heterocycles. The minimum atomic E-state index is -3.47. The molecular formula is C14H19NO4S. The molecule has 6 heteroatoms. The zero-order valence-corrected chi connectivity index (χ0v) is 12.4. The average Bonchev–Trinajstić information content (AvgIpc) is 2.44. The fraction of sp³-hybridized carbons (Fsp3) is 0.357. The van der Waals surface area contributed by atoms with Crippen molar-refractivity contribution < 1.29 is 17.9 Å². The van der Waals surface area contributed by atoms with Gasteiger partial charge in [0.15, 0.2) is 9.84 Å². The molecule has 1 rings (SSSR count). The van der Waals surface area contributed by atoms with Crippen molar-refractivity contribution in [1.82, 2.24) is 5.32 Å². The number of hydrogen-bond donors (Lipinski definition) is 1. The van der Waals surface area contributed by atoms with Crippen molar-refractivity contribution in [2.24, 2.45) is 0 Å². The second-order valence-electron chi connectivity index (χ2n) is 4.33. The Kier molecular flexibility index (Phi) is 5.76. The zero-order valence-electron chi connectivity index (χ0n) is 11.6. The first kappa shape index (κ1) is 16.2. The molecule has 110 valence electrons. The molecule has 0 aliphatic rings. The number of nitrogens with one attached hydrogen (secondary N) is 1. The Hall–Kier alpha value is -1.82. The van der Waals surface area contributed by atoms with E-state index in [2.05, 4.69) is 11.9 Å². The van der Waals surface area contributed by atoms with E-state index in [1.54, 1.807) is 19.2 Å². The van der Waals surface area contributed by atoms with Crippen LogP contribution in [-0.4, -0.2) is 32.4 Å². The lowest BCUT2D eigenvalue weighted by atomic mass is 10.2. The van der Waals surface area contributed by atoms with Gasteiger partial charge in [-0.2, -0.15) is 0 Å². The van der Waals surface area contributed by atoms with Crippen molar-refractivity contribution in [3.05, 3.63) is 42.5 Å². The number of methoxy groups -OCH3 is 1. The van der Waals surface area contributed by atoms with Crippen molar-refractivity contribution in [2.75, 3.05) is 12.9 Å². The van der Waals surface area contributed by atoms with E-state index >= 15 is 0 Å². The standard InChI is InChI=1S/C14H19NO4S/c1-4-9-20(17,18)11(2)14(16)15-10-12-5-7-13(19-3)8-6-12/h4-8,11H,1,9-10H2,2-3H3,(H,15,16). The maximum atomic E-state index is 11.8. The first-order valence-electron chi connectivity index (χ1n) is 6.14. The zero-order chi connectivity index (χ0) is 15.2. The van der Waals surface area contributed by atoms with Crippen LogP contribution in [0.3, 0.4) is 0 Å². The highest BCUT2D eigenvalue weighted by Crippen LogP contribution is 2.11. The van der Waals surface area contributed by atoms with E-state index in [4.69, 9.17) is 4.74 Å². The van der Waals surface area contributed by atoms with Gasteiger partial charge in [0.25, 0.3) is 0 Å². The number of carbonyl (C=O) groups excluding carboxylic acids is 1. The van der Waals surface area contributed by atoms with E-state index in [0.29, 0.717) is 0 Å². The fourth-order valence-electron chi connectivity index (χ4n) is 1.55. The Morgan fingerprint density at radius 3 is 2.50 bits per heavy atom. The number of rotatable bonds is 7. The molecule has 1 N–H and O–H groups in total. The Morgan fingerprint density at radius 1 is 1.40 bits per heavy atom. The second kappa shape index (κ2) is 7.09. The minimum Gasteiger partial charge on any atom is -0.497 e. The van der Waals surface area contributed by atoms with Crippen LogP contribution in [0, 0.1) is 0 Å². The van der Waals surface area contributed by atoms with Crippen molar-refractivity contribution in [3.63, 3.8) is 0 Å². The molecule has 20 heavy (non-hydrogen) atoms. The van der Waals surface area contributed by atoms with Crippen LogP contribution in [0.1, 0.15) is 12.5 Å². The van der Waals surface area contributed by atoms with Gasteiger partial charge in [0, 0.05) is 6.54 Å². The van der Waals surface area contributed by atoms with Gasteiger partial charge in [-0.25, -0.2) is 8.42 Å². The summed E-state index contributed by atoms with van der Waals surface area (Å²) in [5.74, 6) is 0.00842. The number of sulfone groups is 1. The highest BCUT2D eigenvalue weighted by molar-refractivity contribution is 7.92. The van der Waals surface area contributed by atoms with E-state index in [-0.39, 0.29) is 12.3 Å². The van der Waals surface area contributed by atoms with E-state index in [9.17, 15) is 13.2 Å². The smallest absolute Gasteiger partial charge is 0.238 e. The molecule has 0 spiro atoms. The predicted octanol–water partition coefficient (Wildman–Crippen LogP) is 1.30. The maximum absolute atomic E-state index is 11.8. The molecule has 1 aromatic carbocycles. The summed E-state index contributed by atoms with van der Waals surface area (Å²) in [5.41, 5.74) is 0.868. The first-order chi connectivity index (χ1) is 9.40. The van der Waals surface area contributed by atoms with Gasteiger partial charge in [-0.05, 0) is 24.6 Å². The Morgan fingerprint density at radius 2 is 2.00 bits per heavy atom. The predicted molar refractivity (Wildman–Crippen MR) is 78.3 cm³/mol. The summed E-state index contributed by atoms with van der Waals surface area (Å²) < 4.78 is 28.5. The molecule has 0 aliphatic carbocycles. The average molecular weight is 297 g/mol. The van der Waals surface area contributed by atoms with E-state index in [1.165, 1.54) is 13.0 Å². The molecule has 0 heterocycles. The van der Waals surface area contributed by atoms with Crippen molar-refractivity contribution in [3.8, 4) is 5.75 Å². The maximum Gasteiger partial charge on any atom is 0.238 e. The molecular weight excluding hydrogens is 278 g/mol. The molecule has 0 fully saturated rings. The lowest BCUT2D eigenvalue weighted by Gasteiger charge is -2.12. The van der Waals surface area contributed by atoms with Gasteiger partial charge < -0.3 is 10.1 Å². The third-order valence-electron chi connectivity index (χ3n) is 2.88. The van der Waals surface area contributed by atoms with Crippen LogP contribution in [0.5, 0.6) is 5.75 Å². The van der Waals surface area contributed by atoms with Gasteiger partial charge in [0.2, 0.25) is 5.91 Å². The van der Waals surface area contributed by atoms with Gasteiger partial charge >= 0.3 is 0 Å². The highest BCUT2D eigenvalue weighted by Gasteiger charge is 2.26. The van der Waals surface area contributed by atoms with Gasteiger partial charge in [-0.3, -0.25) is 4.79 Å². The largest absolute Gasteiger partial charge is 0.497 e. The van der Waals surface area contributed by atoms with Gasteiger partial charge in [0.1, 0.15) is 11.0 Å². The van der Waals surface area contributed by atoms with E-state index < -0.39 is 21.0 Å². The number of carbonyl (C=O) groups is 1. The quantitative estimate of drug-likeness (QED) is 0.770. The summed E-state index contributed by atoms with van der Waals surface area (Å²) in [7, 11) is -1.90. The minimum absolute atomic E-state index is 0.204. The van der Waals surface area contributed by atoms with Crippen LogP contribution >= 0.6 is 0 Å². The molecule has 1 unspecified atom stereocenters. The first-order valence-corrected chi connectivity index (χ1v) is 7.85. The monoisotopic (exact) mass is 297 g/mol. The van der Waals surface area contributed by atoms with Crippen molar-refractivity contribution in [2.45, 2.75) is 18.7 Å². The third-order valence-corrected chi connectivity index (χ3v) is 4.88. The fourth-order valence-corrected chi connectivity index (χ4v) is 2.57. The van der Waals surface area contributed by atoms with Crippen LogP contribution in [0.15, 0.2) is 36.9 Å². The molecule has 1 amide bonds. The van der Waals surface area contributed by atoms with E-state index in [0.717, 1.165) is 11.3 Å². The van der Waals surface area contributed by atoms with Gasteiger partial charge in [-0.15, -0.1) is 6.58 Å². The SMILES string of the molecule is C=CCS(=O)(=O)C(C)C(=O)NCc1ccc(OC)cc1. The summed E-state index contributed by atoms with van der Waals surface area (Å²) >= 11 is 0. The Labute approximate surface area is 119 Å². The summed E-state index contributed by atoms with van der Waals surface area (Å²) in [6.07, 6.45) is 1.28. The van der Waals surface area contributed by atoms with Crippen LogP contribution in [0.25, 0.3) is 0 Å². The molecule has 0 aliphatic heterocycles. The molecule has 1 atom stereocenters. The number of ether oxygens (including phenoxy) is 1. The van der Waals surface area contributed by atoms with Crippen LogP contribution < -0.4 is 10.1 Å². The number of amides is 1. The van der Waals surface area contributed by atoms with Gasteiger partial charge in [0.05, 0.1) is 12.9 Å². The van der Waals surface area contributed by atoms with E-state index in [1.807, 2.05) is 12.1 Å². The molecule has 0 aromatic heterocycles. The molecule has 0 bridgehead atoms. The van der Waals surface area contributed by atoms with Crippen LogP contribution in [0.2, 0.25) is 0 Å². The number of benzene rings is 1. The van der Waals surface area contributed by atoms with Crippen LogP contribution in [0.4, 0.5) is 0 Å². The number of hydrogen-bond acceptors (Lipinski definition) is 4. The topological polar surface area (TPSA) is 72.5 Å². The lowest BCUT2D eigenvalue weighted by Crippen LogP contribution is -2.38. The van der Waals surface area contributed by atoms with Crippen molar-refractivity contribution in [1.29, 1.82) is 0 Å². The summed E-state index contributed by atoms with van der Waals surface area (Å²) in [5, 5.41) is 1.52. The molecule has 0 saturated carbocycles. The normalized spacial score (nSPS) is 12.5. The molecule has 5 nitrogen and oxygen atoms in total. The van der Waals surface area contributed by atoms with Gasteiger partial charge in [-0.1, -0.05) is 18.2 Å². The molecule has 0 radical (unpaired) electrons. The summed E-state index contributed by atoms with van der Waals surface area (Å²) in [4.78, 5) is 11.8. The third kappa shape index (κ3) is 4.38. The Bertz CT molecular complexity index is 563. The Balaban J connectivity index is 2.60. The van der Waals surface area contributed by atoms with Crippen LogP contribution in [-0.2, 0) is 21.2 Å². The summed E-state index contributed by atoms with van der Waals surface area (Å²) in [6, 6.07) is 7.17. The summed E-state index contributed by atoms with van der Waals surface area (Å²) in [6.45, 7) is 5.03.